The van der Waals surface area contributed by atoms with Gasteiger partial charge >= 0.3 is 0 Å². The highest BCUT2D eigenvalue weighted by Gasteiger charge is 2.21. The highest BCUT2D eigenvalue weighted by molar-refractivity contribution is 6.07. The van der Waals surface area contributed by atoms with Gasteiger partial charge in [0.05, 0.1) is 17.5 Å². The number of pyridine rings is 1. The molecule has 4 aromatic rings. The van der Waals surface area contributed by atoms with Crippen LogP contribution in [-0.2, 0) is 13.1 Å². The zero-order chi connectivity index (χ0) is 21.3. The van der Waals surface area contributed by atoms with Crippen LogP contribution in [0.5, 0.6) is 0 Å². The van der Waals surface area contributed by atoms with E-state index in [0.29, 0.717) is 17.1 Å². The van der Waals surface area contributed by atoms with E-state index in [1.807, 2.05) is 0 Å². The van der Waals surface area contributed by atoms with Crippen LogP contribution in [0.4, 0.5) is 8.78 Å². The van der Waals surface area contributed by atoms with Crippen molar-refractivity contribution in [1.82, 2.24) is 19.9 Å². The first-order valence-corrected chi connectivity index (χ1v) is 9.28. The minimum atomic E-state index is -0.704. The van der Waals surface area contributed by atoms with Gasteiger partial charge in [-0.15, -0.1) is 0 Å². The third kappa shape index (κ3) is 3.59. The Labute approximate surface area is 170 Å². The Balaban J connectivity index is 1.80. The maximum Gasteiger partial charge on any atom is 0.262 e. The van der Waals surface area contributed by atoms with Gasteiger partial charge < -0.3 is 14.9 Å². The number of hydrogen-bond donors (Lipinski definition) is 2. The van der Waals surface area contributed by atoms with Crippen molar-refractivity contribution in [2.75, 3.05) is 0 Å². The summed E-state index contributed by atoms with van der Waals surface area (Å²) in [6.45, 7) is 1.78. The quantitative estimate of drug-likeness (QED) is 0.532. The van der Waals surface area contributed by atoms with Crippen molar-refractivity contribution >= 4 is 16.7 Å². The molecule has 0 aliphatic heterocycles. The molecule has 30 heavy (non-hydrogen) atoms. The fourth-order valence-corrected chi connectivity index (χ4v) is 3.50. The summed E-state index contributed by atoms with van der Waals surface area (Å²) in [5, 5.41) is 2.80. The van der Waals surface area contributed by atoms with E-state index in [1.165, 1.54) is 28.8 Å². The van der Waals surface area contributed by atoms with Crippen LogP contribution >= 0.6 is 0 Å². The van der Waals surface area contributed by atoms with Crippen LogP contribution in [0.2, 0.25) is 0 Å². The normalized spacial score (nSPS) is 11.0. The van der Waals surface area contributed by atoms with E-state index < -0.39 is 23.1 Å². The van der Waals surface area contributed by atoms with Gasteiger partial charge in [-0.3, -0.25) is 9.59 Å². The van der Waals surface area contributed by atoms with Crippen LogP contribution in [0.3, 0.4) is 0 Å². The first-order chi connectivity index (χ1) is 14.5. The molecule has 0 saturated carbocycles. The van der Waals surface area contributed by atoms with E-state index in [4.69, 9.17) is 0 Å². The van der Waals surface area contributed by atoms with Gasteiger partial charge in [0.25, 0.3) is 11.5 Å². The third-order valence-electron chi connectivity index (χ3n) is 4.94. The second-order valence-corrected chi connectivity index (χ2v) is 6.86. The minimum Gasteiger partial charge on any atom is -0.348 e. The smallest absolute Gasteiger partial charge is 0.262 e. The lowest BCUT2D eigenvalue weighted by Gasteiger charge is -2.17. The molecule has 152 valence electrons. The van der Waals surface area contributed by atoms with E-state index in [-0.39, 0.29) is 29.4 Å². The fraction of sp³-hybridized carbons (Fsp3) is 0.136. The fourth-order valence-electron chi connectivity index (χ4n) is 3.50. The summed E-state index contributed by atoms with van der Waals surface area (Å²) in [5.41, 5.74) is 0.609. The number of nitrogens with zero attached hydrogens (tertiary/aromatic N) is 2. The molecule has 2 aromatic heterocycles. The van der Waals surface area contributed by atoms with Crippen molar-refractivity contribution in [2.45, 2.75) is 20.0 Å². The summed E-state index contributed by atoms with van der Waals surface area (Å²) in [6.07, 6.45) is 3.16. The Bertz CT molecular complexity index is 1300. The summed E-state index contributed by atoms with van der Waals surface area (Å²) in [4.78, 5) is 33.1. The molecule has 4 rings (SSSR count). The third-order valence-corrected chi connectivity index (χ3v) is 4.94. The number of halogens is 2. The van der Waals surface area contributed by atoms with Crippen LogP contribution in [0.25, 0.3) is 10.8 Å². The largest absolute Gasteiger partial charge is 0.348 e. The predicted molar refractivity (Wildman–Crippen MR) is 108 cm³/mol. The molecule has 0 radical (unpaired) electrons. The molecule has 2 aromatic carbocycles. The number of benzene rings is 2. The van der Waals surface area contributed by atoms with E-state index in [1.54, 1.807) is 37.5 Å². The number of amides is 1. The Hall–Kier alpha value is -3.81. The lowest BCUT2D eigenvalue weighted by Crippen LogP contribution is -2.31. The zero-order valence-electron chi connectivity index (χ0n) is 16.1. The average Bonchev–Trinajstić information content (AvgIpc) is 3.23. The summed E-state index contributed by atoms with van der Waals surface area (Å²) in [5.74, 6) is -1.09. The van der Waals surface area contributed by atoms with E-state index in [0.717, 1.165) is 0 Å². The summed E-state index contributed by atoms with van der Waals surface area (Å²) >= 11 is 0. The van der Waals surface area contributed by atoms with Crippen LogP contribution in [0, 0.1) is 18.6 Å². The minimum absolute atomic E-state index is 0.0616. The molecule has 6 nitrogen and oxygen atoms in total. The van der Waals surface area contributed by atoms with Crippen LogP contribution < -0.4 is 10.9 Å². The summed E-state index contributed by atoms with van der Waals surface area (Å²) in [6, 6.07) is 10.1. The first-order valence-electron chi connectivity index (χ1n) is 9.28. The van der Waals surface area contributed by atoms with Crippen LogP contribution in [0.1, 0.15) is 27.4 Å². The molecule has 0 atom stereocenters. The lowest BCUT2D eigenvalue weighted by atomic mass is 10.0. The van der Waals surface area contributed by atoms with Crippen molar-refractivity contribution in [1.29, 1.82) is 0 Å². The van der Waals surface area contributed by atoms with Crippen molar-refractivity contribution in [2.24, 2.45) is 0 Å². The number of fused-ring (bicyclic) bond motifs is 1. The van der Waals surface area contributed by atoms with Gasteiger partial charge in [0.2, 0.25) is 0 Å². The second kappa shape index (κ2) is 7.90. The average molecular weight is 408 g/mol. The van der Waals surface area contributed by atoms with Crippen LogP contribution in [0.15, 0.2) is 59.7 Å². The van der Waals surface area contributed by atoms with Crippen molar-refractivity contribution in [3.05, 3.63) is 99.5 Å². The maximum atomic E-state index is 14.6. The maximum absolute atomic E-state index is 14.6. The molecular formula is C22H18F2N4O2. The van der Waals surface area contributed by atoms with Crippen molar-refractivity contribution in [3.63, 3.8) is 0 Å². The molecule has 2 N–H and O–H groups in total. The molecule has 0 fully saturated rings. The van der Waals surface area contributed by atoms with Gasteiger partial charge in [-0.25, -0.2) is 13.8 Å². The van der Waals surface area contributed by atoms with Crippen molar-refractivity contribution < 1.29 is 13.6 Å². The molecule has 2 heterocycles. The van der Waals surface area contributed by atoms with Crippen molar-refractivity contribution in [3.8, 4) is 0 Å². The Morgan fingerprint density at radius 2 is 2.00 bits per heavy atom. The summed E-state index contributed by atoms with van der Waals surface area (Å²) in [7, 11) is 0. The Morgan fingerprint density at radius 3 is 2.73 bits per heavy atom. The lowest BCUT2D eigenvalue weighted by molar-refractivity contribution is 0.0951. The molecule has 0 aliphatic carbocycles. The second-order valence-electron chi connectivity index (χ2n) is 6.86. The van der Waals surface area contributed by atoms with E-state index in [2.05, 4.69) is 15.3 Å². The topological polar surface area (TPSA) is 79.8 Å². The van der Waals surface area contributed by atoms with E-state index >= 15 is 0 Å². The SMILES string of the molecule is Cc1c(C(=O)NCc2cccc(F)c2)c2cccc(F)c2c(=O)n1Cc1ncc[nH]1. The number of carbonyl (C=O) groups is 1. The molecule has 0 unspecified atom stereocenters. The van der Waals surface area contributed by atoms with Gasteiger partial charge in [0, 0.05) is 30.0 Å². The summed E-state index contributed by atoms with van der Waals surface area (Å²) < 4.78 is 29.3. The van der Waals surface area contributed by atoms with Gasteiger partial charge in [-0.2, -0.15) is 0 Å². The Kier molecular flexibility index (Phi) is 5.14. The number of carbonyl (C=O) groups excluding carboxylic acids is 1. The number of imidazole rings is 1. The first kappa shape index (κ1) is 19.5. The molecular weight excluding hydrogens is 390 g/mol. The highest BCUT2D eigenvalue weighted by atomic mass is 19.1. The van der Waals surface area contributed by atoms with Crippen LogP contribution in [-0.4, -0.2) is 20.4 Å². The predicted octanol–water partition coefficient (Wildman–Crippen LogP) is 3.29. The monoisotopic (exact) mass is 408 g/mol. The highest BCUT2D eigenvalue weighted by Crippen LogP contribution is 2.22. The number of rotatable bonds is 5. The Morgan fingerprint density at radius 1 is 1.20 bits per heavy atom. The van der Waals surface area contributed by atoms with E-state index in [9.17, 15) is 18.4 Å². The van der Waals surface area contributed by atoms with Gasteiger partial charge in [0.15, 0.2) is 0 Å². The number of aromatic nitrogens is 3. The molecule has 0 aliphatic rings. The number of H-pyrrole nitrogens is 1. The molecule has 8 heteroatoms. The number of nitrogens with one attached hydrogen (secondary N) is 2. The van der Waals surface area contributed by atoms with Gasteiger partial charge in [-0.05, 0) is 30.7 Å². The van der Waals surface area contributed by atoms with Gasteiger partial charge in [-0.1, -0.05) is 24.3 Å². The molecule has 0 bridgehead atoms. The molecule has 1 amide bonds. The standard InChI is InChI=1S/C22H18F2N4O2/c1-13-19(21(29)27-11-14-4-2-5-15(23)10-14)16-6-3-7-17(24)20(16)22(30)28(13)12-18-25-8-9-26-18/h2-10H,11-12H2,1H3,(H,25,26)(H,27,29). The number of aromatic amines is 1. The number of hydrogen-bond acceptors (Lipinski definition) is 3. The zero-order valence-corrected chi connectivity index (χ0v) is 16.1. The van der Waals surface area contributed by atoms with Gasteiger partial charge in [0.1, 0.15) is 17.5 Å². The molecule has 0 spiro atoms. The molecule has 0 saturated heterocycles.